The zero-order valence-electron chi connectivity index (χ0n) is 10.8. The molecule has 0 amide bonds. The van der Waals surface area contributed by atoms with E-state index in [1.54, 1.807) is 23.1 Å². The standard InChI is InChI=1S/C16H14N2S2/c17-15-14(13-9-5-2-6-10-13)18-16(20-15)19-11-12-7-3-1-4-8-12/h1-10H,11,17H2. The molecule has 0 radical (unpaired) electrons. The topological polar surface area (TPSA) is 38.9 Å². The van der Waals surface area contributed by atoms with Crippen molar-refractivity contribution in [2.75, 3.05) is 5.73 Å². The number of rotatable bonds is 4. The molecular formula is C16H14N2S2. The van der Waals surface area contributed by atoms with Gasteiger partial charge in [0.05, 0.1) is 0 Å². The number of nitrogens with zero attached hydrogens (tertiary/aromatic N) is 1. The van der Waals surface area contributed by atoms with Crippen LogP contribution in [0.4, 0.5) is 5.00 Å². The Morgan fingerprint density at radius 3 is 2.30 bits per heavy atom. The Hall–Kier alpha value is -1.78. The van der Waals surface area contributed by atoms with E-state index in [2.05, 4.69) is 29.2 Å². The van der Waals surface area contributed by atoms with Gasteiger partial charge in [-0.1, -0.05) is 83.8 Å². The van der Waals surface area contributed by atoms with Crippen LogP contribution >= 0.6 is 23.1 Å². The van der Waals surface area contributed by atoms with E-state index in [9.17, 15) is 0 Å². The monoisotopic (exact) mass is 298 g/mol. The van der Waals surface area contributed by atoms with Crippen LogP contribution in [0.1, 0.15) is 5.56 Å². The normalized spacial score (nSPS) is 10.6. The number of nitrogens with two attached hydrogens (primary N) is 1. The van der Waals surface area contributed by atoms with Crippen LogP contribution in [0, 0.1) is 0 Å². The fourth-order valence-electron chi connectivity index (χ4n) is 1.90. The average Bonchev–Trinajstić information content (AvgIpc) is 2.88. The summed E-state index contributed by atoms with van der Waals surface area (Å²) in [7, 11) is 0. The van der Waals surface area contributed by atoms with Crippen molar-refractivity contribution in [3.63, 3.8) is 0 Å². The average molecular weight is 298 g/mol. The van der Waals surface area contributed by atoms with Gasteiger partial charge in [0, 0.05) is 11.3 Å². The van der Waals surface area contributed by atoms with Crippen molar-refractivity contribution < 1.29 is 0 Å². The van der Waals surface area contributed by atoms with Gasteiger partial charge in [0.25, 0.3) is 0 Å². The van der Waals surface area contributed by atoms with Gasteiger partial charge in [0.15, 0.2) is 4.34 Å². The second-order valence-corrected chi connectivity index (χ2v) is 6.59. The fraction of sp³-hybridized carbons (Fsp3) is 0.0625. The van der Waals surface area contributed by atoms with Crippen molar-refractivity contribution in [1.82, 2.24) is 4.98 Å². The van der Waals surface area contributed by atoms with Gasteiger partial charge in [-0.25, -0.2) is 4.98 Å². The predicted molar refractivity (Wildman–Crippen MR) is 88.0 cm³/mol. The lowest BCUT2D eigenvalue weighted by Crippen LogP contribution is -1.85. The van der Waals surface area contributed by atoms with E-state index in [0.717, 1.165) is 26.4 Å². The van der Waals surface area contributed by atoms with Gasteiger partial charge in [-0.05, 0) is 5.56 Å². The first-order valence-electron chi connectivity index (χ1n) is 6.31. The van der Waals surface area contributed by atoms with E-state index >= 15 is 0 Å². The van der Waals surface area contributed by atoms with Crippen LogP contribution in [0.3, 0.4) is 0 Å². The highest BCUT2D eigenvalue weighted by atomic mass is 32.2. The maximum Gasteiger partial charge on any atom is 0.152 e. The van der Waals surface area contributed by atoms with Gasteiger partial charge < -0.3 is 5.73 Å². The maximum absolute atomic E-state index is 6.09. The number of benzene rings is 2. The molecule has 100 valence electrons. The fourth-order valence-corrected chi connectivity index (χ4v) is 3.80. The number of thiazole rings is 1. The Bertz CT molecular complexity index is 678. The van der Waals surface area contributed by atoms with E-state index in [4.69, 9.17) is 5.73 Å². The molecule has 0 atom stereocenters. The molecule has 3 aromatic rings. The highest BCUT2D eigenvalue weighted by Gasteiger charge is 2.10. The van der Waals surface area contributed by atoms with E-state index < -0.39 is 0 Å². The number of aromatic nitrogens is 1. The van der Waals surface area contributed by atoms with Crippen molar-refractivity contribution >= 4 is 28.1 Å². The molecule has 0 bridgehead atoms. The second kappa shape index (κ2) is 6.11. The number of hydrogen-bond donors (Lipinski definition) is 1. The minimum Gasteiger partial charge on any atom is -0.389 e. The molecular weight excluding hydrogens is 284 g/mol. The highest BCUT2D eigenvalue weighted by molar-refractivity contribution is 8.00. The predicted octanol–water partition coefficient (Wildman–Crippen LogP) is 4.68. The summed E-state index contributed by atoms with van der Waals surface area (Å²) in [6.45, 7) is 0. The Morgan fingerprint density at radius 2 is 1.60 bits per heavy atom. The molecule has 2 aromatic carbocycles. The summed E-state index contributed by atoms with van der Waals surface area (Å²) in [4.78, 5) is 4.65. The minimum atomic E-state index is 0.784. The SMILES string of the molecule is Nc1sc(SCc2ccccc2)nc1-c1ccccc1. The summed E-state index contributed by atoms with van der Waals surface area (Å²) in [6.07, 6.45) is 0. The highest BCUT2D eigenvalue weighted by Crippen LogP contribution is 2.36. The third-order valence-corrected chi connectivity index (χ3v) is 4.98. The van der Waals surface area contributed by atoms with Gasteiger partial charge >= 0.3 is 0 Å². The smallest absolute Gasteiger partial charge is 0.152 e. The molecule has 0 aliphatic heterocycles. The van der Waals surface area contributed by atoms with Crippen LogP contribution in [0.2, 0.25) is 0 Å². The molecule has 0 saturated carbocycles. The molecule has 0 saturated heterocycles. The largest absolute Gasteiger partial charge is 0.389 e. The molecule has 0 aliphatic rings. The minimum absolute atomic E-state index is 0.784. The quantitative estimate of drug-likeness (QED) is 0.710. The molecule has 1 aromatic heterocycles. The van der Waals surface area contributed by atoms with Crippen LogP contribution in [-0.4, -0.2) is 4.98 Å². The summed E-state index contributed by atoms with van der Waals surface area (Å²) in [5, 5.41) is 0.784. The summed E-state index contributed by atoms with van der Waals surface area (Å²) in [5.41, 5.74) is 9.35. The zero-order valence-corrected chi connectivity index (χ0v) is 12.5. The third-order valence-electron chi connectivity index (χ3n) is 2.89. The number of thioether (sulfide) groups is 1. The number of anilines is 1. The number of hydrogen-bond acceptors (Lipinski definition) is 4. The van der Waals surface area contributed by atoms with E-state index in [1.165, 1.54) is 5.56 Å². The number of nitrogen functional groups attached to an aromatic ring is 1. The molecule has 2 nitrogen and oxygen atoms in total. The summed E-state index contributed by atoms with van der Waals surface area (Å²) in [6, 6.07) is 20.5. The van der Waals surface area contributed by atoms with Gasteiger partial charge in [-0.2, -0.15) is 0 Å². The Labute approximate surface area is 126 Å². The second-order valence-electron chi connectivity index (χ2n) is 4.33. The molecule has 4 heteroatoms. The van der Waals surface area contributed by atoms with Crippen LogP contribution in [0.25, 0.3) is 11.3 Å². The Kier molecular flexibility index (Phi) is 4.04. The van der Waals surface area contributed by atoms with Crippen molar-refractivity contribution in [3.8, 4) is 11.3 Å². The zero-order chi connectivity index (χ0) is 13.8. The summed E-state index contributed by atoms with van der Waals surface area (Å²) in [5.74, 6) is 0.919. The van der Waals surface area contributed by atoms with Crippen LogP contribution in [-0.2, 0) is 5.75 Å². The van der Waals surface area contributed by atoms with Gasteiger partial charge in [-0.3, -0.25) is 0 Å². The molecule has 0 unspecified atom stereocenters. The van der Waals surface area contributed by atoms with Crippen LogP contribution in [0.5, 0.6) is 0 Å². The van der Waals surface area contributed by atoms with Gasteiger partial charge in [0.2, 0.25) is 0 Å². The first-order chi connectivity index (χ1) is 9.83. The molecule has 2 N–H and O–H groups in total. The lowest BCUT2D eigenvalue weighted by Gasteiger charge is -1.98. The Morgan fingerprint density at radius 1 is 0.950 bits per heavy atom. The van der Waals surface area contributed by atoms with Crippen molar-refractivity contribution in [2.45, 2.75) is 10.1 Å². The molecule has 0 spiro atoms. The van der Waals surface area contributed by atoms with Crippen LogP contribution in [0.15, 0.2) is 65.0 Å². The van der Waals surface area contributed by atoms with E-state index in [0.29, 0.717) is 0 Å². The lowest BCUT2D eigenvalue weighted by atomic mass is 10.2. The molecule has 0 fully saturated rings. The van der Waals surface area contributed by atoms with Crippen molar-refractivity contribution in [3.05, 3.63) is 66.2 Å². The van der Waals surface area contributed by atoms with E-state index in [1.807, 2.05) is 36.4 Å². The lowest BCUT2D eigenvalue weighted by molar-refractivity contribution is 1.25. The Balaban J connectivity index is 1.76. The summed E-state index contributed by atoms with van der Waals surface area (Å²) < 4.78 is 1.02. The molecule has 1 heterocycles. The summed E-state index contributed by atoms with van der Waals surface area (Å²) >= 11 is 3.29. The third kappa shape index (κ3) is 3.03. The molecule has 0 aliphatic carbocycles. The first-order valence-corrected chi connectivity index (χ1v) is 8.11. The molecule has 3 rings (SSSR count). The maximum atomic E-state index is 6.09. The van der Waals surface area contributed by atoms with E-state index in [-0.39, 0.29) is 0 Å². The van der Waals surface area contributed by atoms with Crippen molar-refractivity contribution in [2.24, 2.45) is 0 Å². The molecule has 20 heavy (non-hydrogen) atoms. The van der Waals surface area contributed by atoms with Crippen molar-refractivity contribution in [1.29, 1.82) is 0 Å². The van der Waals surface area contributed by atoms with Gasteiger partial charge in [0.1, 0.15) is 10.7 Å². The first kappa shape index (κ1) is 13.2. The van der Waals surface area contributed by atoms with Gasteiger partial charge in [-0.15, -0.1) is 0 Å². The van der Waals surface area contributed by atoms with Crippen LogP contribution < -0.4 is 5.73 Å².